The third-order valence-corrected chi connectivity index (χ3v) is 2.41. The maximum atomic E-state index is 5.95. The molecule has 0 bridgehead atoms. The van der Waals surface area contributed by atoms with E-state index < -0.39 is 0 Å². The van der Waals surface area contributed by atoms with E-state index in [1.807, 2.05) is 0 Å². The first kappa shape index (κ1) is 13.1. The van der Waals surface area contributed by atoms with Crippen molar-refractivity contribution in [2.24, 2.45) is 0 Å². The fraction of sp³-hybridized carbons (Fsp3) is 0.500. The number of nitrogens with two attached hydrogens (primary N) is 1. The second-order valence-electron chi connectivity index (χ2n) is 3.47. The molecule has 0 saturated carbocycles. The Hall–Kier alpha value is -0.930. The van der Waals surface area contributed by atoms with Crippen molar-refractivity contribution in [1.82, 2.24) is 0 Å². The van der Waals surface area contributed by atoms with E-state index in [-0.39, 0.29) is 0 Å². The molecular formula is C12H18ClNO2. The van der Waals surface area contributed by atoms with Crippen LogP contribution in [0.1, 0.15) is 19.8 Å². The van der Waals surface area contributed by atoms with Crippen LogP contribution >= 0.6 is 11.6 Å². The van der Waals surface area contributed by atoms with Crippen LogP contribution in [-0.4, -0.2) is 19.8 Å². The number of hydrogen-bond acceptors (Lipinski definition) is 3. The zero-order valence-corrected chi connectivity index (χ0v) is 10.3. The first-order valence-corrected chi connectivity index (χ1v) is 5.88. The van der Waals surface area contributed by atoms with Crippen LogP contribution in [0.2, 0.25) is 5.02 Å². The zero-order valence-electron chi connectivity index (χ0n) is 9.54. The smallest absolute Gasteiger partial charge is 0.160 e. The van der Waals surface area contributed by atoms with Crippen LogP contribution in [-0.2, 0) is 4.74 Å². The van der Waals surface area contributed by atoms with E-state index in [4.69, 9.17) is 26.8 Å². The van der Waals surface area contributed by atoms with Gasteiger partial charge in [-0.25, -0.2) is 0 Å². The molecule has 3 nitrogen and oxygen atoms in total. The first-order chi connectivity index (χ1) is 7.75. The fourth-order valence-corrected chi connectivity index (χ4v) is 1.47. The first-order valence-electron chi connectivity index (χ1n) is 5.50. The molecule has 90 valence electrons. The number of anilines is 1. The predicted octanol–water partition coefficient (Wildman–Crippen LogP) is 3.12. The number of nitrogen functional groups attached to an aromatic ring is 1. The minimum atomic E-state index is 0.470. The van der Waals surface area contributed by atoms with Gasteiger partial charge in [0.05, 0.1) is 17.3 Å². The normalized spacial score (nSPS) is 10.4. The molecule has 0 unspecified atom stereocenters. The van der Waals surface area contributed by atoms with E-state index in [1.54, 1.807) is 18.2 Å². The Morgan fingerprint density at radius 2 is 2.06 bits per heavy atom. The molecule has 0 atom stereocenters. The Morgan fingerprint density at radius 3 is 2.75 bits per heavy atom. The van der Waals surface area contributed by atoms with Gasteiger partial charge in [0.15, 0.2) is 5.75 Å². The molecule has 2 N–H and O–H groups in total. The van der Waals surface area contributed by atoms with Crippen molar-refractivity contribution in [3.8, 4) is 5.75 Å². The highest BCUT2D eigenvalue weighted by Gasteiger charge is 2.04. The van der Waals surface area contributed by atoms with E-state index >= 15 is 0 Å². The van der Waals surface area contributed by atoms with Gasteiger partial charge in [0, 0.05) is 6.61 Å². The second-order valence-corrected chi connectivity index (χ2v) is 3.88. The van der Waals surface area contributed by atoms with Gasteiger partial charge < -0.3 is 15.2 Å². The molecule has 16 heavy (non-hydrogen) atoms. The largest absolute Gasteiger partial charge is 0.487 e. The van der Waals surface area contributed by atoms with Crippen molar-refractivity contribution in [2.45, 2.75) is 19.8 Å². The van der Waals surface area contributed by atoms with Crippen LogP contribution in [0.3, 0.4) is 0 Å². The van der Waals surface area contributed by atoms with Crippen molar-refractivity contribution in [3.05, 3.63) is 23.2 Å². The van der Waals surface area contributed by atoms with Gasteiger partial charge in [0.25, 0.3) is 0 Å². The summed E-state index contributed by atoms with van der Waals surface area (Å²) in [5, 5.41) is 0.536. The van der Waals surface area contributed by atoms with Gasteiger partial charge in [-0.3, -0.25) is 0 Å². The number of hydrogen-bond donors (Lipinski definition) is 1. The number of rotatable bonds is 7. The molecule has 1 aromatic carbocycles. The lowest BCUT2D eigenvalue weighted by atomic mass is 10.3. The number of ether oxygens (including phenoxy) is 2. The monoisotopic (exact) mass is 243 g/mol. The van der Waals surface area contributed by atoms with Crippen LogP contribution in [0.5, 0.6) is 5.75 Å². The number of unbranched alkanes of at least 4 members (excludes halogenated alkanes) is 1. The van der Waals surface area contributed by atoms with E-state index in [1.165, 1.54) is 0 Å². The fourth-order valence-electron chi connectivity index (χ4n) is 1.23. The summed E-state index contributed by atoms with van der Waals surface area (Å²) in [5.74, 6) is 0.545. The van der Waals surface area contributed by atoms with Crippen LogP contribution in [0, 0.1) is 0 Å². The minimum Gasteiger partial charge on any atom is -0.487 e. The van der Waals surface area contributed by atoms with Gasteiger partial charge in [-0.05, 0) is 18.6 Å². The third-order valence-electron chi connectivity index (χ3n) is 2.11. The van der Waals surface area contributed by atoms with Crippen molar-refractivity contribution in [3.63, 3.8) is 0 Å². The molecule has 0 aromatic heterocycles. The zero-order chi connectivity index (χ0) is 11.8. The van der Waals surface area contributed by atoms with E-state index in [9.17, 15) is 0 Å². The van der Waals surface area contributed by atoms with Crippen molar-refractivity contribution >= 4 is 17.3 Å². The average molecular weight is 244 g/mol. The van der Waals surface area contributed by atoms with Gasteiger partial charge in [-0.1, -0.05) is 31.0 Å². The summed E-state index contributed by atoms with van der Waals surface area (Å²) in [6, 6.07) is 5.31. The van der Waals surface area contributed by atoms with E-state index in [0.717, 1.165) is 19.4 Å². The van der Waals surface area contributed by atoms with Gasteiger partial charge in [-0.2, -0.15) is 0 Å². The Kier molecular flexibility index (Phi) is 6.04. The minimum absolute atomic E-state index is 0.470. The molecule has 4 heteroatoms. The molecule has 0 saturated heterocycles. The molecule has 0 fully saturated rings. The highest BCUT2D eigenvalue weighted by molar-refractivity contribution is 6.32. The molecule has 1 rings (SSSR count). The molecule has 1 aromatic rings. The Bertz CT molecular complexity index is 298. The van der Waals surface area contributed by atoms with Gasteiger partial charge >= 0.3 is 0 Å². The van der Waals surface area contributed by atoms with Crippen LogP contribution in [0.15, 0.2) is 18.2 Å². The Labute approximate surface area is 101 Å². The maximum Gasteiger partial charge on any atom is 0.160 e. The third kappa shape index (κ3) is 4.29. The summed E-state index contributed by atoms with van der Waals surface area (Å²) in [6.07, 6.45) is 2.21. The van der Waals surface area contributed by atoms with E-state index in [2.05, 4.69) is 6.92 Å². The second kappa shape index (κ2) is 7.36. The van der Waals surface area contributed by atoms with Crippen LogP contribution in [0.25, 0.3) is 0 Å². The maximum absolute atomic E-state index is 5.95. The van der Waals surface area contributed by atoms with Crippen LogP contribution in [0.4, 0.5) is 5.69 Å². The highest BCUT2D eigenvalue weighted by Crippen LogP contribution is 2.30. The molecule has 0 aliphatic carbocycles. The van der Waals surface area contributed by atoms with E-state index in [0.29, 0.717) is 29.7 Å². The molecule has 0 spiro atoms. The molecular weight excluding hydrogens is 226 g/mol. The quantitative estimate of drug-likeness (QED) is 0.591. The summed E-state index contributed by atoms with van der Waals surface area (Å²) < 4.78 is 10.8. The number of benzene rings is 1. The highest BCUT2D eigenvalue weighted by atomic mass is 35.5. The molecule has 0 aliphatic heterocycles. The molecule has 0 heterocycles. The van der Waals surface area contributed by atoms with Crippen molar-refractivity contribution < 1.29 is 9.47 Å². The summed E-state index contributed by atoms with van der Waals surface area (Å²) in [5.41, 5.74) is 6.29. The van der Waals surface area contributed by atoms with Crippen molar-refractivity contribution in [2.75, 3.05) is 25.6 Å². The van der Waals surface area contributed by atoms with Gasteiger partial charge in [0.2, 0.25) is 0 Å². The SMILES string of the molecule is CCCCOCCOc1c(N)cccc1Cl. The standard InChI is InChI=1S/C12H18ClNO2/c1-2-3-7-15-8-9-16-12-10(13)5-4-6-11(12)14/h4-6H,2-3,7-9,14H2,1H3. The Balaban J connectivity index is 2.26. The lowest BCUT2D eigenvalue weighted by Gasteiger charge is -2.10. The van der Waals surface area contributed by atoms with Crippen molar-refractivity contribution in [1.29, 1.82) is 0 Å². The van der Waals surface area contributed by atoms with Crippen LogP contribution < -0.4 is 10.5 Å². The predicted molar refractivity (Wildman–Crippen MR) is 67.1 cm³/mol. The van der Waals surface area contributed by atoms with Gasteiger partial charge in [-0.15, -0.1) is 0 Å². The number of para-hydroxylation sites is 1. The summed E-state index contributed by atoms with van der Waals surface area (Å²) in [7, 11) is 0. The summed E-state index contributed by atoms with van der Waals surface area (Å²) in [4.78, 5) is 0. The lowest BCUT2D eigenvalue weighted by molar-refractivity contribution is 0.0983. The number of halogens is 1. The molecule has 0 amide bonds. The molecule has 0 radical (unpaired) electrons. The van der Waals surface area contributed by atoms with Gasteiger partial charge in [0.1, 0.15) is 6.61 Å². The molecule has 0 aliphatic rings. The topological polar surface area (TPSA) is 44.5 Å². The summed E-state index contributed by atoms with van der Waals surface area (Å²) >= 11 is 5.95. The average Bonchev–Trinajstić information content (AvgIpc) is 2.26. The summed E-state index contributed by atoms with van der Waals surface area (Å²) in [6.45, 7) is 3.93. The Morgan fingerprint density at radius 1 is 1.25 bits per heavy atom. The lowest BCUT2D eigenvalue weighted by Crippen LogP contribution is -2.08.